The Morgan fingerprint density at radius 1 is 1.39 bits per heavy atom. The van der Waals surface area contributed by atoms with Crippen LogP contribution in [0.4, 0.5) is 5.82 Å². The zero-order chi connectivity index (χ0) is 13.1. The predicted molar refractivity (Wildman–Crippen MR) is 67.6 cm³/mol. The summed E-state index contributed by atoms with van der Waals surface area (Å²) in [4.78, 5) is 19.7. The van der Waals surface area contributed by atoms with E-state index in [1.54, 1.807) is 29.2 Å². The molecule has 0 aromatic carbocycles. The van der Waals surface area contributed by atoms with Crippen molar-refractivity contribution in [1.29, 1.82) is 0 Å². The Hall–Kier alpha value is -2.50. The van der Waals surface area contributed by atoms with Crippen LogP contribution in [0.3, 0.4) is 0 Å². The van der Waals surface area contributed by atoms with E-state index in [-0.39, 0.29) is 11.6 Å². The van der Waals surface area contributed by atoms with Gasteiger partial charge in [-0.1, -0.05) is 6.58 Å². The average Bonchev–Trinajstić information content (AvgIpc) is 2.80. The SMILES string of the molecule is C=C(C)Nc1cc(-n2cccn2)nc(C(C)=O)n1. The van der Waals surface area contributed by atoms with Crippen molar-refractivity contribution in [2.75, 3.05) is 5.32 Å². The maximum atomic E-state index is 11.4. The molecule has 2 aromatic rings. The monoisotopic (exact) mass is 243 g/mol. The highest BCUT2D eigenvalue weighted by Gasteiger charge is 2.09. The molecule has 0 amide bonds. The first-order valence-electron chi connectivity index (χ1n) is 5.39. The van der Waals surface area contributed by atoms with Gasteiger partial charge < -0.3 is 5.32 Å². The highest BCUT2D eigenvalue weighted by Crippen LogP contribution is 2.12. The molecule has 0 radical (unpaired) electrons. The molecule has 92 valence electrons. The number of hydrogen-bond acceptors (Lipinski definition) is 5. The van der Waals surface area contributed by atoms with Crippen LogP contribution in [0.5, 0.6) is 0 Å². The molecule has 0 bridgehead atoms. The van der Waals surface area contributed by atoms with Gasteiger partial charge in [-0.2, -0.15) is 5.10 Å². The van der Waals surface area contributed by atoms with Gasteiger partial charge in [0.05, 0.1) is 0 Å². The number of carbonyl (C=O) groups is 1. The number of allylic oxidation sites excluding steroid dienone is 1. The molecule has 0 unspecified atom stereocenters. The second kappa shape index (κ2) is 4.79. The molecule has 0 spiro atoms. The normalized spacial score (nSPS) is 10.1. The third kappa shape index (κ3) is 2.60. The van der Waals surface area contributed by atoms with E-state index in [1.807, 2.05) is 6.92 Å². The maximum absolute atomic E-state index is 11.4. The summed E-state index contributed by atoms with van der Waals surface area (Å²) in [5.41, 5.74) is 0.731. The average molecular weight is 243 g/mol. The zero-order valence-electron chi connectivity index (χ0n) is 10.2. The van der Waals surface area contributed by atoms with Gasteiger partial charge in [0, 0.05) is 31.1 Å². The Morgan fingerprint density at radius 2 is 2.17 bits per heavy atom. The molecule has 0 aliphatic carbocycles. The van der Waals surface area contributed by atoms with E-state index in [1.165, 1.54) is 6.92 Å². The lowest BCUT2D eigenvalue weighted by molar-refractivity contribution is 0.100. The molecule has 1 N–H and O–H groups in total. The summed E-state index contributed by atoms with van der Waals surface area (Å²) < 4.78 is 1.57. The van der Waals surface area contributed by atoms with Gasteiger partial charge in [-0.15, -0.1) is 0 Å². The quantitative estimate of drug-likeness (QED) is 0.829. The first kappa shape index (κ1) is 12.0. The molecule has 2 rings (SSSR count). The van der Waals surface area contributed by atoms with Crippen molar-refractivity contribution in [3.8, 4) is 5.82 Å². The molecule has 0 atom stereocenters. The number of rotatable bonds is 4. The third-order valence-corrected chi connectivity index (χ3v) is 2.11. The minimum atomic E-state index is -0.200. The molecule has 0 saturated carbocycles. The van der Waals surface area contributed by atoms with E-state index in [4.69, 9.17) is 0 Å². The number of nitrogens with zero attached hydrogens (tertiary/aromatic N) is 4. The van der Waals surface area contributed by atoms with E-state index in [2.05, 4.69) is 27.0 Å². The van der Waals surface area contributed by atoms with Crippen molar-refractivity contribution in [1.82, 2.24) is 19.7 Å². The minimum Gasteiger partial charge on any atom is -0.344 e. The van der Waals surface area contributed by atoms with Crippen molar-refractivity contribution in [2.24, 2.45) is 0 Å². The summed E-state index contributed by atoms with van der Waals surface area (Å²) in [6.45, 7) is 6.97. The number of Topliss-reactive ketones (excluding diaryl/α,β-unsaturated/α-hetero) is 1. The lowest BCUT2D eigenvalue weighted by Gasteiger charge is -2.08. The molecule has 0 fully saturated rings. The van der Waals surface area contributed by atoms with Crippen LogP contribution < -0.4 is 5.32 Å². The van der Waals surface area contributed by atoms with Crippen molar-refractivity contribution in [3.63, 3.8) is 0 Å². The third-order valence-electron chi connectivity index (χ3n) is 2.11. The van der Waals surface area contributed by atoms with Gasteiger partial charge in [-0.3, -0.25) is 4.79 Å². The number of aromatic nitrogens is 4. The zero-order valence-corrected chi connectivity index (χ0v) is 10.2. The molecule has 2 aromatic heterocycles. The summed E-state index contributed by atoms with van der Waals surface area (Å²) >= 11 is 0. The molecular weight excluding hydrogens is 230 g/mol. The summed E-state index contributed by atoms with van der Waals surface area (Å²) in [5.74, 6) is 0.998. The van der Waals surface area contributed by atoms with Gasteiger partial charge in [-0.05, 0) is 13.0 Å². The Labute approximate surface area is 104 Å². The van der Waals surface area contributed by atoms with Gasteiger partial charge in [0.15, 0.2) is 17.4 Å². The van der Waals surface area contributed by atoms with Crippen LogP contribution in [0.1, 0.15) is 24.5 Å². The van der Waals surface area contributed by atoms with Crippen LogP contribution in [0, 0.1) is 0 Å². The van der Waals surface area contributed by atoms with Crippen molar-refractivity contribution < 1.29 is 4.79 Å². The van der Waals surface area contributed by atoms with Crippen LogP contribution in [-0.4, -0.2) is 25.5 Å². The standard InChI is InChI=1S/C12H13N5O/c1-8(2)14-10-7-11(17-6-4-5-13-17)16-12(15-10)9(3)18/h4-7H,1H2,2-3H3,(H,14,15,16). The number of ketones is 1. The largest absolute Gasteiger partial charge is 0.344 e. The van der Waals surface area contributed by atoms with Gasteiger partial charge >= 0.3 is 0 Å². The molecule has 0 saturated heterocycles. The Kier molecular flexibility index (Phi) is 3.18. The first-order chi connectivity index (χ1) is 8.56. The van der Waals surface area contributed by atoms with Crippen LogP contribution in [-0.2, 0) is 0 Å². The molecule has 0 aliphatic heterocycles. The smallest absolute Gasteiger partial charge is 0.199 e. The highest BCUT2D eigenvalue weighted by molar-refractivity contribution is 5.90. The number of hydrogen-bond donors (Lipinski definition) is 1. The van der Waals surface area contributed by atoms with E-state index in [0.717, 1.165) is 5.70 Å². The van der Waals surface area contributed by atoms with Crippen LogP contribution in [0.15, 0.2) is 36.8 Å². The Morgan fingerprint density at radius 3 is 2.72 bits per heavy atom. The first-order valence-corrected chi connectivity index (χ1v) is 5.39. The molecule has 0 aliphatic rings. The number of nitrogens with one attached hydrogen (secondary N) is 1. The van der Waals surface area contributed by atoms with E-state index < -0.39 is 0 Å². The van der Waals surface area contributed by atoms with Gasteiger partial charge in [0.25, 0.3) is 0 Å². The van der Waals surface area contributed by atoms with Crippen molar-refractivity contribution in [2.45, 2.75) is 13.8 Å². The highest BCUT2D eigenvalue weighted by atomic mass is 16.1. The van der Waals surface area contributed by atoms with Gasteiger partial charge in [-0.25, -0.2) is 14.6 Å². The fourth-order valence-corrected chi connectivity index (χ4v) is 1.40. The van der Waals surface area contributed by atoms with Crippen LogP contribution in [0.25, 0.3) is 5.82 Å². The second-order valence-electron chi connectivity index (χ2n) is 3.85. The topological polar surface area (TPSA) is 72.7 Å². The Balaban J connectivity index is 2.49. The second-order valence-corrected chi connectivity index (χ2v) is 3.85. The van der Waals surface area contributed by atoms with Crippen LogP contribution in [0.2, 0.25) is 0 Å². The maximum Gasteiger partial charge on any atom is 0.199 e. The fraction of sp³-hybridized carbons (Fsp3) is 0.167. The Bertz CT molecular complexity index is 589. The van der Waals surface area contributed by atoms with Crippen molar-refractivity contribution in [3.05, 3.63) is 42.6 Å². The van der Waals surface area contributed by atoms with Crippen molar-refractivity contribution >= 4 is 11.6 Å². The number of carbonyl (C=O) groups excluding carboxylic acids is 1. The molecule has 6 heteroatoms. The summed E-state index contributed by atoms with van der Waals surface area (Å²) in [5, 5.41) is 7.04. The molecule has 18 heavy (non-hydrogen) atoms. The fourth-order valence-electron chi connectivity index (χ4n) is 1.40. The van der Waals surface area contributed by atoms with Gasteiger partial charge in [0.1, 0.15) is 5.82 Å². The van der Waals surface area contributed by atoms with E-state index >= 15 is 0 Å². The minimum absolute atomic E-state index is 0.145. The molecule has 6 nitrogen and oxygen atoms in total. The summed E-state index contributed by atoms with van der Waals surface area (Å²) in [6, 6.07) is 3.48. The lowest BCUT2D eigenvalue weighted by atomic mass is 10.4. The lowest BCUT2D eigenvalue weighted by Crippen LogP contribution is -2.09. The van der Waals surface area contributed by atoms with Gasteiger partial charge in [0.2, 0.25) is 0 Å². The van der Waals surface area contributed by atoms with E-state index in [0.29, 0.717) is 11.6 Å². The predicted octanol–water partition coefficient (Wildman–Crippen LogP) is 1.81. The number of anilines is 1. The van der Waals surface area contributed by atoms with E-state index in [9.17, 15) is 4.79 Å². The molecular formula is C12H13N5O. The summed E-state index contributed by atoms with van der Waals surface area (Å²) in [6.07, 6.45) is 3.39. The molecule has 2 heterocycles. The summed E-state index contributed by atoms with van der Waals surface area (Å²) in [7, 11) is 0. The van der Waals surface area contributed by atoms with Crippen LogP contribution >= 0.6 is 0 Å².